The number of carbonyl (C=O) groups excluding carboxylic acids is 2. The number of halogens is 3. The van der Waals surface area contributed by atoms with Crippen LogP contribution in [0, 0.1) is 5.82 Å². The molecule has 2 atom stereocenters. The van der Waals surface area contributed by atoms with Crippen LogP contribution in [0.4, 0.5) is 14.9 Å². The first kappa shape index (κ1) is 33.6. The summed E-state index contributed by atoms with van der Waals surface area (Å²) in [5.41, 5.74) is 2.94. The second kappa shape index (κ2) is 15.1. The molecule has 7 nitrogen and oxygen atoms in total. The van der Waals surface area contributed by atoms with E-state index in [0.29, 0.717) is 53.9 Å². The van der Waals surface area contributed by atoms with E-state index in [1.54, 1.807) is 56.0 Å². The van der Waals surface area contributed by atoms with Crippen molar-refractivity contribution in [3.63, 3.8) is 0 Å². The van der Waals surface area contributed by atoms with Crippen LogP contribution in [0.3, 0.4) is 0 Å². The van der Waals surface area contributed by atoms with Gasteiger partial charge in [0.15, 0.2) is 0 Å². The van der Waals surface area contributed by atoms with Crippen LogP contribution in [0.5, 0.6) is 0 Å². The van der Waals surface area contributed by atoms with Gasteiger partial charge in [-0.1, -0.05) is 65.7 Å². The van der Waals surface area contributed by atoms with Crippen LogP contribution in [0.15, 0.2) is 66.7 Å². The lowest BCUT2D eigenvalue weighted by molar-refractivity contribution is -0.133. The van der Waals surface area contributed by atoms with Gasteiger partial charge in [0.1, 0.15) is 17.5 Å². The molecular weight excluding hydrogens is 602 g/mol. The van der Waals surface area contributed by atoms with Gasteiger partial charge in [-0.2, -0.15) is 0 Å². The summed E-state index contributed by atoms with van der Waals surface area (Å²) in [6, 6.07) is 19.4. The maximum absolute atomic E-state index is 14.1. The van der Waals surface area contributed by atoms with Crippen molar-refractivity contribution >= 4 is 40.9 Å². The molecule has 0 saturated carbocycles. The molecule has 1 heterocycles. The number of anilines is 1. The number of alkyl carbamates (subject to hydrolysis) is 1. The molecule has 0 spiro atoms. The minimum atomic E-state index is -0.858. The summed E-state index contributed by atoms with van der Waals surface area (Å²) in [5, 5.41) is 7.13. The Morgan fingerprint density at radius 3 is 2.23 bits per heavy atom. The smallest absolute Gasteiger partial charge is 0.408 e. The third-order valence-electron chi connectivity index (χ3n) is 7.48. The van der Waals surface area contributed by atoms with Crippen LogP contribution < -0.4 is 15.5 Å². The summed E-state index contributed by atoms with van der Waals surface area (Å²) < 4.78 is 19.5. The first-order valence-electron chi connectivity index (χ1n) is 14.9. The minimum absolute atomic E-state index is 0.123. The Kier molecular flexibility index (Phi) is 11.5. The molecule has 2 N–H and O–H groups in total. The highest BCUT2D eigenvalue weighted by atomic mass is 35.5. The molecule has 236 valence electrons. The molecule has 0 aromatic heterocycles. The van der Waals surface area contributed by atoms with E-state index in [0.717, 1.165) is 12.1 Å². The molecule has 3 aromatic rings. The fraction of sp³-hybridized carbons (Fsp3) is 0.412. The Bertz CT molecular complexity index is 1440. The number of hydrogen-bond donors (Lipinski definition) is 2. The normalized spacial score (nSPS) is 15.1. The van der Waals surface area contributed by atoms with E-state index in [2.05, 4.69) is 34.6 Å². The number of amides is 2. The van der Waals surface area contributed by atoms with Gasteiger partial charge in [0, 0.05) is 66.5 Å². The topological polar surface area (TPSA) is 73.9 Å². The second-order valence-electron chi connectivity index (χ2n) is 12.2. The number of nitrogens with zero attached hydrogens (tertiary/aromatic N) is 2. The van der Waals surface area contributed by atoms with Gasteiger partial charge in [-0.15, -0.1) is 0 Å². The Morgan fingerprint density at radius 1 is 0.909 bits per heavy atom. The molecule has 1 aliphatic rings. The van der Waals surface area contributed by atoms with E-state index < -0.39 is 17.7 Å². The highest BCUT2D eigenvalue weighted by Crippen LogP contribution is 2.25. The van der Waals surface area contributed by atoms with Gasteiger partial charge in [-0.25, -0.2) is 9.18 Å². The predicted molar refractivity (Wildman–Crippen MR) is 175 cm³/mol. The number of piperazine rings is 1. The first-order valence-corrected chi connectivity index (χ1v) is 15.7. The lowest BCUT2D eigenvalue weighted by Gasteiger charge is -2.38. The molecule has 0 aliphatic carbocycles. The van der Waals surface area contributed by atoms with Gasteiger partial charge in [-0.05, 0) is 69.5 Å². The first-order chi connectivity index (χ1) is 20.9. The van der Waals surface area contributed by atoms with Crippen molar-refractivity contribution in [1.29, 1.82) is 0 Å². The SMILES string of the molecule is CC(Cc1ccccc1N1CCN(C(=O)[C@@H](Cc2ccc(Cl)cc2Cl)NC(=O)OC(C)(C)C)CC1)NCc1ccccc1F. The van der Waals surface area contributed by atoms with Crippen molar-refractivity contribution in [1.82, 2.24) is 15.5 Å². The maximum atomic E-state index is 14.1. The zero-order valence-corrected chi connectivity index (χ0v) is 27.2. The van der Waals surface area contributed by atoms with Crippen LogP contribution >= 0.6 is 23.2 Å². The monoisotopic (exact) mass is 642 g/mol. The van der Waals surface area contributed by atoms with Crippen molar-refractivity contribution in [2.75, 3.05) is 31.1 Å². The second-order valence-corrected chi connectivity index (χ2v) is 13.0. The van der Waals surface area contributed by atoms with Crippen molar-refractivity contribution < 1.29 is 18.7 Å². The van der Waals surface area contributed by atoms with Crippen LogP contribution in [-0.2, 0) is 28.9 Å². The van der Waals surface area contributed by atoms with Crippen molar-refractivity contribution in [2.24, 2.45) is 0 Å². The molecule has 2 amide bonds. The highest BCUT2D eigenvalue weighted by molar-refractivity contribution is 6.35. The van der Waals surface area contributed by atoms with E-state index in [1.807, 2.05) is 18.2 Å². The van der Waals surface area contributed by atoms with E-state index >= 15 is 0 Å². The Balaban J connectivity index is 1.40. The molecule has 44 heavy (non-hydrogen) atoms. The zero-order chi connectivity index (χ0) is 31.9. The standard InChI is InChI=1S/C34H41Cl2FN4O3/c1-23(38-22-26-10-5-7-11-29(26)37)19-25-9-6-8-12-31(25)40-15-17-41(18-16-40)32(42)30(39-33(43)44-34(2,3)4)20-24-13-14-27(35)21-28(24)36/h5-14,21,23,30,38H,15-20,22H2,1-4H3,(H,39,43)/t23?,30-/m1/s1. The average molecular weight is 644 g/mol. The number of hydrogen-bond acceptors (Lipinski definition) is 5. The number of ether oxygens (including phenoxy) is 1. The summed E-state index contributed by atoms with van der Waals surface area (Å²) in [6.07, 6.45) is 0.314. The van der Waals surface area contributed by atoms with E-state index in [9.17, 15) is 14.0 Å². The maximum Gasteiger partial charge on any atom is 0.408 e. The van der Waals surface area contributed by atoms with Crippen LogP contribution in [0.1, 0.15) is 44.4 Å². The van der Waals surface area contributed by atoms with Gasteiger partial charge in [-0.3, -0.25) is 4.79 Å². The molecule has 10 heteroatoms. The van der Waals surface area contributed by atoms with E-state index in [1.165, 1.54) is 11.6 Å². The number of nitrogens with one attached hydrogen (secondary N) is 2. The number of rotatable bonds is 10. The van der Waals surface area contributed by atoms with Crippen molar-refractivity contribution in [2.45, 2.75) is 64.8 Å². The fourth-order valence-electron chi connectivity index (χ4n) is 5.27. The quantitative estimate of drug-likeness (QED) is 0.259. The number of para-hydroxylation sites is 1. The number of carbonyl (C=O) groups is 2. The molecule has 4 rings (SSSR count). The largest absolute Gasteiger partial charge is 0.444 e. The average Bonchev–Trinajstić information content (AvgIpc) is 2.97. The molecular formula is C34H41Cl2FN4O3. The Hall–Kier alpha value is -3.33. The van der Waals surface area contributed by atoms with Crippen LogP contribution in [0.2, 0.25) is 10.0 Å². The van der Waals surface area contributed by atoms with Gasteiger partial charge >= 0.3 is 6.09 Å². The number of benzene rings is 3. The summed E-state index contributed by atoms with van der Waals surface area (Å²) in [7, 11) is 0. The summed E-state index contributed by atoms with van der Waals surface area (Å²) in [4.78, 5) is 30.6. The molecule has 1 aliphatic heterocycles. The Morgan fingerprint density at radius 2 is 1.57 bits per heavy atom. The molecule has 1 fully saturated rings. The predicted octanol–water partition coefficient (Wildman–Crippen LogP) is 6.64. The summed E-state index contributed by atoms with van der Waals surface area (Å²) in [5.74, 6) is -0.402. The molecule has 1 unspecified atom stereocenters. The van der Waals surface area contributed by atoms with E-state index in [-0.39, 0.29) is 24.2 Å². The lowest BCUT2D eigenvalue weighted by atomic mass is 10.0. The summed E-state index contributed by atoms with van der Waals surface area (Å²) in [6.45, 7) is 10.1. The minimum Gasteiger partial charge on any atom is -0.444 e. The third kappa shape index (κ3) is 9.58. The van der Waals surface area contributed by atoms with Gasteiger partial charge in [0.05, 0.1) is 0 Å². The highest BCUT2D eigenvalue weighted by Gasteiger charge is 2.31. The fourth-order valence-corrected chi connectivity index (χ4v) is 5.75. The molecule has 0 bridgehead atoms. The zero-order valence-electron chi connectivity index (χ0n) is 25.7. The van der Waals surface area contributed by atoms with Crippen LogP contribution in [-0.4, -0.2) is 60.8 Å². The van der Waals surface area contributed by atoms with Gasteiger partial charge in [0.25, 0.3) is 0 Å². The van der Waals surface area contributed by atoms with Gasteiger partial charge in [0.2, 0.25) is 5.91 Å². The van der Waals surface area contributed by atoms with Crippen LogP contribution in [0.25, 0.3) is 0 Å². The third-order valence-corrected chi connectivity index (χ3v) is 8.06. The summed E-state index contributed by atoms with van der Waals surface area (Å²) >= 11 is 12.5. The Labute approximate surface area is 269 Å². The van der Waals surface area contributed by atoms with Crippen molar-refractivity contribution in [3.8, 4) is 0 Å². The lowest BCUT2D eigenvalue weighted by Crippen LogP contribution is -2.56. The molecule has 1 saturated heterocycles. The van der Waals surface area contributed by atoms with Gasteiger partial charge < -0.3 is 25.2 Å². The molecule has 3 aromatic carbocycles. The van der Waals surface area contributed by atoms with Crippen molar-refractivity contribution in [3.05, 3.63) is 99.3 Å². The molecule has 0 radical (unpaired) electrons. The van der Waals surface area contributed by atoms with E-state index in [4.69, 9.17) is 27.9 Å².